The third-order valence-corrected chi connectivity index (χ3v) is 5.97. The van der Waals surface area contributed by atoms with E-state index in [-0.39, 0.29) is 16.6 Å². The van der Waals surface area contributed by atoms with Crippen LogP contribution in [0.25, 0.3) is 11.3 Å². The molecule has 8 heteroatoms. The Balaban J connectivity index is 1.62. The second-order valence-corrected chi connectivity index (χ2v) is 8.03. The summed E-state index contributed by atoms with van der Waals surface area (Å²) in [6, 6.07) is 15.8. The van der Waals surface area contributed by atoms with E-state index in [9.17, 15) is 13.2 Å². The molecule has 0 unspecified atom stereocenters. The first-order chi connectivity index (χ1) is 13.0. The molecule has 4 rings (SSSR count). The molecule has 0 aliphatic carbocycles. The fourth-order valence-corrected chi connectivity index (χ4v) is 3.91. The number of sulfonamides is 1. The smallest absolute Gasteiger partial charge is 0.296 e. The molecule has 3 aromatic rings. The molecule has 2 aromatic carbocycles. The lowest BCUT2D eigenvalue weighted by molar-refractivity contribution is 0.0954. The van der Waals surface area contributed by atoms with Crippen LogP contribution in [-0.4, -0.2) is 33.1 Å². The van der Waals surface area contributed by atoms with E-state index >= 15 is 0 Å². The molecule has 0 spiro atoms. The summed E-state index contributed by atoms with van der Waals surface area (Å²) in [6.07, 6.45) is 0.577. The first-order valence-electron chi connectivity index (χ1n) is 8.40. The van der Waals surface area contributed by atoms with Gasteiger partial charge in [-0.2, -0.15) is 0 Å². The molecule has 0 saturated heterocycles. The van der Waals surface area contributed by atoms with Crippen LogP contribution in [0.3, 0.4) is 0 Å². The highest BCUT2D eigenvalue weighted by Gasteiger charge is 2.29. The average molecular weight is 383 g/mol. The van der Waals surface area contributed by atoms with Crippen LogP contribution < -0.4 is 9.62 Å². The maximum atomic E-state index is 12.9. The molecule has 1 aliphatic rings. The van der Waals surface area contributed by atoms with E-state index < -0.39 is 10.0 Å². The number of hydrogen-bond acceptors (Lipinski definition) is 5. The van der Waals surface area contributed by atoms with Gasteiger partial charge in [-0.15, -0.1) is 0 Å². The number of hydrogen-bond donors (Lipinski definition) is 1. The van der Waals surface area contributed by atoms with Crippen LogP contribution in [0.1, 0.15) is 16.1 Å². The highest BCUT2D eigenvalue weighted by atomic mass is 32.2. The molecule has 0 saturated carbocycles. The van der Waals surface area contributed by atoms with E-state index in [1.807, 2.05) is 30.3 Å². The average Bonchev–Trinajstić information content (AvgIpc) is 3.35. The maximum Gasteiger partial charge on any atom is 0.296 e. The molecule has 27 heavy (non-hydrogen) atoms. The number of nitrogens with zero attached hydrogens (tertiary/aromatic N) is 2. The summed E-state index contributed by atoms with van der Waals surface area (Å²) < 4.78 is 31.5. The van der Waals surface area contributed by atoms with Gasteiger partial charge in [-0.25, -0.2) is 13.1 Å². The topological polar surface area (TPSA) is 92.5 Å². The second kappa shape index (κ2) is 6.64. The van der Waals surface area contributed by atoms with Crippen molar-refractivity contribution < 1.29 is 17.7 Å². The van der Waals surface area contributed by atoms with Gasteiger partial charge < -0.3 is 9.42 Å². The van der Waals surface area contributed by atoms with Gasteiger partial charge in [0.25, 0.3) is 5.91 Å². The van der Waals surface area contributed by atoms with Crippen LogP contribution in [0.4, 0.5) is 5.69 Å². The SMILES string of the molecule is CNS(=O)(=O)c1ccc2c(c1)CCN2C(=O)c1cc(-c2ccccc2)no1. The molecule has 2 heterocycles. The summed E-state index contributed by atoms with van der Waals surface area (Å²) in [6.45, 7) is 0.457. The summed E-state index contributed by atoms with van der Waals surface area (Å²) >= 11 is 0. The molecule has 0 fully saturated rings. The van der Waals surface area contributed by atoms with Crippen molar-refractivity contribution in [3.05, 3.63) is 65.9 Å². The predicted molar refractivity (Wildman–Crippen MR) is 100 cm³/mol. The summed E-state index contributed by atoms with van der Waals surface area (Å²) in [5.74, 6) is -0.152. The normalized spacial score (nSPS) is 13.6. The quantitative estimate of drug-likeness (QED) is 0.747. The number of benzene rings is 2. The number of amides is 1. The largest absolute Gasteiger partial charge is 0.350 e. The van der Waals surface area contributed by atoms with Crippen LogP contribution in [0.2, 0.25) is 0 Å². The van der Waals surface area contributed by atoms with Gasteiger partial charge in [0.2, 0.25) is 15.8 Å². The van der Waals surface area contributed by atoms with Crippen molar-refractivity contribution in [1.82, 2.24) is 9.88 Å². The Labute approximate surface area is 156 Å². The molecule has 1 amide bonds. The number of aromatic nitrogens is 1. The molecule has 0 atom stereocenters. The molecule has 0 radical (unpaired) electrons. The summed E-state index contributed by atoms with van der Waals surface area (Å²) in [4.78, 5) is 14.6. The molecule has 138 valence electrons. The van der Waals surface area contributed by atoms with Gasteiger partial charge in [0.05, 0.1) is 4.90 Å². The minimum atomic E-state index is -3.52. The third-order valence-electron chi connectivity index (χ3n) is 4.56. The van der Waals surface area contributed by atoms with Gasteiger partial charge in [0.15, 0.2) is 0 Å². The minimum absolute atomic E-state index is 0.147. The second-order valence-electron chi connectivity index (χ2n) is 6.15. The van der Waals surface area contributed by atoms with Crippen LogP contribution in [-0.2, 0) is 16.4 Å². The van der Waals surface area contributed by atoms with Gasteiger partial charge in [-0.05, 0) is 37.2 Å². The highest BCUT2D eigenvalue weighted by molar-refractivity contribution is 7.89. The Morgan fingerprint density at radius 1 is 1.15 bits per heavy atom. The first kappa shape index (κ1) is 17.4. The maximum absolute atomic E-state index is 12.9. The van der Waals surface area contributed by atoms with Crippen LogP contribution in [0, 0.1) is 0 Å². The number of anilines is 1. The van der Waals surface area contributed by atoms with Crippen LogP contribution in [0.5, 0.6) is 0 Å². The van der Waals surface area contributed by atoms with E-state index in [2.05, 4.69) is 9.88 Å². The fourth-order valence-electron chi connectivity index (χ4n) is 3.13. The zero-order chi connectivity index (χ0) is 19.0. The molecular formula is C19H17N3O4S. The monoisotopic (exact) mass is 383 g/mol. The highest BCUT2D eigenvalue weighted by Crippen LogP contribution is 2.32. The standard InChI is InChI=1S/C19H17N3O4S/c1-20-27(24,25)15-7-8-17-14(11-15)9-10-22(17)19(23)18-12-16(21-26-18)13-5-3-2-4-6-13/h2-8,11-12,20H,9-10H2,1H3. The summed E-state index contributed by atoms with van der Waals surface area (Å²) in [5, 5.41) is 3.98. The van der Waals surface area contributed by atoms with E-state index in [4.69, 9.17) is 4.52 Å². The Hall–Kier alpha value is -2.97. The van der Waals surface area contributed by atoms with Crippen molar-refractivity contribution in [2.45, 2.75) is 11.3 Å². The Morgan fingerprint density at radius 2 is 1.93 bits per heavy atom. The van der Waals surface area contributed by atoms with Crippen LogP contribution in [0.15, 0.2) is 64.0 Å². The predicted octanol–water partition coefficient (Wildman–Crippen LogP) is 2.45. The molecule has 7 nitrogen and oxygen atoms in total. The number of nitrogens with one attached hydrogen (secondary N) is 1. The molecule has 1 aliphatic heterocycles. The van der Waals surface area contributed by atoms with Crippen molar-refractivity contribution in [3.63, 3.8) is 0 Å². The van der Waals surface area contributed by atoms with Crippen molar-refractivity contribution >= 4 is 21.6 Å². The van der Waals surface area contributed by atoms with Gasteiger partial charge in [-0.3, -0.25) is 4.79 Å². The number of carbonyl (C=O) groups excluding carboxylic acids is 1. The van der Waals surface area contributed by atoms with Gasteiger partial charge >= 0.3 is 0 Å². The van der Waals surface area contributed by atoms with E-state index in [1.165, 1.54) is 13.1 Å². The molecule has 1 aromatic heterocycles. The lowest BCUT2D eigenvalue weighted by Gasteiger charge is -2.15. The van der Waals surface area contributed by atoms with Crippen molar-refractivity contribution in [3.8, 4) is 11.3 Å². The first-order valence-corrected chi connectivity index (χ1v) is 9.88. The van der Waals surface area contributed by atoms with Gasteiger partial charge in [0.1, 0.15) is 5.69 Å². The van der Waals surface area contributed by atoms with E-state index in [0.29, 0.717) is 24.3 Å². The summed E-state index contributed by atoms with van der Waals surface area (Å²) in [5.41, 5.74) is 2.95. The lowest BCUT2D eigenvalue weighted by Crippen LogP contribution is -2.28. The van der Waals surface area contributed by atoms with Crippen molar-refractivity contribution in [2.75, 3.05) is 18.5 Å². The molecular weight excluding hydrogens is 366 g/mol. The van der Waals surface area contributed by atoms with Gasteiger partial charge in [0, 0.05) is 23.9 Å². The number of carbonyl (C=O) groups is 1. The third kappa shape index (κ3) is 3.13. The van der Waals surface area contributed by atoms with E-state index in [1.54, 1.807) is 23.1 Å². The number of fused-ring (bicyclic) bond motifs is 1. The minimum Gasteiger partial charge on any atom is -0.350 e. The van der Waals surface area contributed by atoms with Gasteiger partial charge in [-0.1, -0.05) is 35.5 Å². The Kier molecular flexibility index (Phi) is 4.29. The van der Waals surface area contributed by atoms with Crippen LogP contribution >= 0.6 is 0 Å². The molecule has 0 bridgehead atoms. The zero-order valence-corrected chi connectivity index (χ0v) is 15.4. The van der Waals surface area contributed by atoms with E-state index in [0.717, 1.165) is 11.1 Å². The Morgan fingerprint density at radius 3 is 2.67 bits per heavy atom. The lowest BCUT2D eigenvalue weighted by atomic mass is 10.1. The van der Waals surface area contributed by atoms with Crippen molar-refractivity contribution in [1.29, 1.82) is 0 Å². The Bertz CT molecular complexity index is 1110. The van der Waals surface area contributed by atoms with Crippen molar-refractivity contribution in [2.24, 2.45) is 0 Å². The molecule has 1 N–H and O–H groups in total. The summed E-state index contributed by atoms with van der Waals surface area (Å²) in [7, 11) is -2.15. The zero-order valence-electron chi connectivity index (χ0n) is 14.5. The number of rotatable bonds is 4. The fraction of sp³-hybridized carbons (Fsp3) is 0.158.